The second kappa shape index (κ2) is 20.9. The number of benzene rings is 6. The van der Waals surface area contributed by atoms with Gasteiger partial charge in [-0.2, -0.15) is 0 Å². The second-order valence-corrected chi connectivity index (χ2v) is 16.0. The minimum absolute atomic E-state index is 0.365. The number of methoxy groups -OCH3 is 12. The van der Waals surface area contributed by atoms with Crippen molar-refractivity contribution in [2.75, 3.05) is 85.3 Å². The van der Waals surface area contributed by atoms with Crippen LogP contribution in [0.15, 0.2) is 109 Å². The Balaban J connectivity index is 1.44. The summed E-state index contributed by atoms with van der Waals surface area (Å²) in [4.78, 5) is 0. The summed E-state index contributed by atoms with van der Waals surface area (Å²) >= 11 is 0. The standard InChI is InChI=1S/C52H56B2O16/c1-55-37-23-33(24-38(56-2)45(37)63-9)51(34-25-39(57-3)46(64-10)40(26-34)58-4)49(31-19-15-13-16-20-31)67-53(69-51)54-68-50(32-21-17-14-18-22-32)52(70-54,35-27-41(59-5)47(65-11)42(28-35)60-6)36-29-43(61-7)48(66-12)44(30-36)62-8/h13-30,49-50H,1-12H3/t49-,50-/m1/s1. The maximum absolute atomic E-state index is 7.60. The van der Waals surface area contributed by atoms with Gasteiger partial charge in [0.2, 0.25) is 23.0 Å². The lowest BCUT2D eigenvalue weighted by atomic mass is 9.49. The molecule has 18 heteroatoms. The normalized spacial score (nSPS) is 16.8. The van der Waals surface area contributed by atoms with Crippen LogP contribution < -0.4 is 56.8 Å². The zero-order valence-electron chi connectivity index (χ0n) is 41.2. The molecule has 0 N–H and O–H groups in total. The number of rotatable bonds is 19. The highest BCUT2D eigenvalue weighted by Crippen LogP contribution is 2.60. The fraction of sp³-hybridized carbons (Fsp3) is 0.308. The van der Waals surface area contributed by atoms with Gasteiger partial charge in [-0.3, -0.25) is 0 Å². The van der Waals surface area contributed by atoms with Crippen LogP contribution in [0.25, 0.3) is 0 Å². The zero-order chi connectivity index (χ0) is 49.7. The summed E-state index contributed by atoms with van der Waals surface area (Å²) in [7, 11) is 15.9. The van der Waals surface area contributed by atoms with Crippen LogP contribution in [-0.2, 0) is 29.8 Å². The molecule has 2 saturated heterocycles. The third kappa shape index (κ3) is 8.23. The summed E-state index contributed by atoms with van der Waals surface area (Å²) in [5, 5.41) is 0. The van der Waals surface area contributed by atoms with Crippen LogP contribution in [0.4, 0.5) is 0 Å². The maximum atomic E-state index is 7.60. The van der Waals surface area contributed by atoms with Crippen LogP contribution in [-0.4, -0.2) is 99.3 Å². The molecule has 0 spiro atoms. The smallest absolute Gasteiger partial charge is 0.489 e. The van der Waals surface area contributed by atoms with Crippen molar-refractivity contribution >= 4 is 14.0 Å². The van der Waals surface area contributed by atoms with Gasteiger partial charge < -0.3 is 75.5 Å². The molecular formula is C52H56B2O16. The Morgan fingerprint density at radius 2 is 0.529 bits per heavy atom. The molecular weight excluding hydrogens is 902 g/mol. The highest BCUT2D eigenvalue weighted by atomic mass is 16.7. The topological polar surface area (TPSA) is 148 Å². The highest BCUT2D eigenvalue weighted by molar-refractivity contribution is 7.11. The van der Waals surface area contributed by atoms with E-state index in [0.29, 0.717) is 91.2 Å². The molecule has 0 radical (unpaired) electrons. The van der Waals surface area contributed by atoms with Gasteiger partial charge >= 0.3 is 14.0 Å². The molecule has 366 valence electrons. The van der Waals surface area contributed by atoms with Crippen molar-refractivity contribution in [2.24, 2.45) is 0 Å². The number of hydrogen-bond donors (Lipinski definition) is 0. The van der Waals surface area contributed by atoms with Crippen molar-refractivity contribution in [3.05, 3.63) is 143 Å². The quantitative estimate of drug-likeness (QED) is 0.0713. The molecule has 6 aromatic carbocycles. The Labute approximate surface area is 408 Å². The predicted molar refractivity (Wildman–Crippen MR) is 260 cm³/mol. The predicted octanol–water partition coefficient (Wildman–Crippen LogP) is 8.61. The fourth-order valence-electron chi connectivity index (χ4n) is 9.52. The van der Waals surface area contributed by atoms with Gasteiger partial charge in [0, 0.05) is 0 Å². The van der Waals surface area contributed by atoms with Gasteiger partial charge in [0.15, 0.2) is 46.0 Å². The Kier molecular flexibility index (Phi) is 14.7. The lowest BCUT2D eigenvalue weighted by Gasteiger charge is -2.37. The first-order chi connectivity index (χ1) is 34.1. The SMILES string of the molecule is COc1cc(C2(c3cc(OC)c(OC)c(OC)c3)OB(B3O[C@H](c4ccccc4)C(c4cc(OC)c(OC)c(OC)c4)(c4cc(OC)c(OC)c(OC)c4)O3)O[C@@H]2c2ccccc2)cc(OC)c1OC. The van der Waals surface area contributed by atoms with E-state index in [1.54, 1.807) is 85.3 Å². The van der Waals surface area contributed by atoms with Crippen molar-refractivity contribution in [1.29, 1.82) is 0 Å². The summed E-state index contributed by atoms with van der Waals surface area (Å²) in [5.41, 5.74) is 0.486. The summed E-state index contributed by atoms with van der Waals surface area (Å²) < 4.78 is 101. The average Bonchev–Trinajstić information content (AvgIpc) is 4.03. The van der Waals surface area contributed by atoms with E-state index in [1.807, 2.05) is 109 Å². The van der Waals surface area contributed by atoms with Gasteiger partial charge in [-0.25, -0.2) is 0 Å². The molecule has 0 aliphatic carbocycles. The molecule has 8 rings (SSSR count). The minimum Gasteiger partial charge on any atom is -0.493 e. The molecule has 6 aromatic rings. The van der Waals surface area contributed by atoms with Crippen LogP contribution in [0, 0.1) is 0 Å². The summed E-state index contributed by atoms with van der Waals surface area (Å²) in [6, 6.07) is 34.0. The molecule has 0 saturated carbocycles. The monoisotopic (exact) mass is 958 g/mol. The lowest BCUT2D eigenvalue weighted by Crippen LogP contribution is -2.43. The van der Waals surface area contributed by atoms with Gasteiger partial charge in [-0.1, -0.05) is 60.7 Å². The van der Waals surface area contributed by atoms with Crippen LogP contribution in [0.5, 0.6) is 69.0 Å². The van der Waals surface area contributed by atoms with Gasteiger partial charge in [0.05, 0.1) is 85.3 Å². The highest BCUT2D eigenvalue weighted by Gasteiger charge is 2.66. The molecule has 0 bridgehead atoms. The van der Waals surface area contributed by atoms with Crippen molar-refractivity contribution in [3.63, 3.8) is 0 Å². The van der Waals surface area contributed by atoms with E-state index in [0.717, 1.165) is 11.1 Å². The summed E-state index contributed by atoms with van der Waals surface area (Å²) in [6.07, 6.45) is -1.88. The zero-order valence-corrected chi connectivity index (χ0v) is 41.2. The first kappa shape index (κ1) is 49.3. The molecule has 0 unspecified atom stereocenters. The molecule has 70 heavy (non-hydrogen) atoms. The van der Waals surface area contributed by atoms with E-state index in [1.165, 1.54) is 0 Å². The molecule has 0 aromatic heterocycles. The van der Waals surface area contributed by atoms with E-state index >= 15 is 0 Å². The second-order valence-electron chi connectivity index (χ2n) is 16.0. The van der Waals surface area contributed by atoms with Crippen LogP contribution in [0.2, 0.25) is 0 Å². The molecule has 2 aliphatic heterocycles. The molecule has 16 nitrogen and oxygen atoms in total. The number of hydrogen-bond acceptors (Lipinski definition) is 16. The first-order valence-electron chi connectivity index (χ1n) is 22.1. The van der Waals surface area contributed by atoms with Crippen molar-refractivity contribution in [3.8, 4) is 69.0 Å². The Hall–Kier alpha value is -7.11. The van der Waals surface area contributed by atoms with Gasteiger partial charge in [0.1, 0.15) is 23.4 Å². The van der Waals surface area contributed by atoms with Crippen LogP contribution in [0.3, 0.4) is 0 Å². The van der Waals surface area contributed by atoms with Crippen LogP contribution in [0.1, 0.15) is 45.6 Å². The average molecular weight is 959 g/mol. The lowest BCUT2D eigenvalue weighted by molar-refractivity contribution is 0.0707. The van der Waals surface area contributed by atoms with Gasteiger partial charge in [-0.15, -0.1) is 0 Å². The molecule has 2 heterocycles. The third-order valence-electron chi connectivity index (χ3n) is 12.7. The molecule has 2 atom stereocenters. The maximum Gasteiger partial charge on any atom is 0.489 e. The Morgan fingerprint density at radius 1 is 0.314 bits per heavy atom. The van der Waals surface area contributed by atoms with Crippen LogP contribution >= 0.6 is 0 Å². The van der Waals surface area contributed by atoms with Crippen molar-refractivity contribution < 1.29 is 75.5 Å². The van der Waals surface area contributed by atoms with E-state index in [2.05, 4.69) is 0 Å². The Bertz CT molecular complexity index is 2360. The molecule has 0 amide bonds. The minimum atomic E-state index is -1.59. The summed E-state index contributed by atoms with van der Waals surface area (Å²) in [6.45, 7) is 0. The van der Waals surface area contributed by atoms with Crippen molar-refractivity contribution in [2.45, 2.75) is 23.4 Å². The van der Waals surface area contributed by atoms with Crippen molar-refractivity contribution in [1.82, 2.24) is 0 Å². The van der Waals surface area contributed by atoms with E-state index < -0.39 is 37.4 Å². The fourth-order valence-corrected chi connectivity index (χ4v) is 9.52. The first-order valence-corrected chi connectivity index (χ1v) is 22.1. The molecule has 2 fully saturated rings. The molecule has 2 aliphatic rings. The number of ether oxygens (including phenoxy) is 12. The van der Waals surface area contributed by atoms with E-state index in [4.69, 9.17) is 75.5 Å². The van der Waals surface area contributed by atoms with Gasteiger partial charge in [-0.05, 0) is 81.9 Å². The Morgan fingerprint density at radius 3 is 0.714 bits per heavy atom. The largest absolute Gasteiger partial charge is 0.493 e. The van der Waals surface area contributed by atoms with Gasteiger partial charge in [0.25, 0.3) is 0 Å². The third-order valence-corrected chi connectivity index (χ3v) is 12.7. The summed E-state index contributed by atoms with van der Waals surface area (Å²) in [5.74, 6) is 4.40. The van der Waals surface area contributed by atoms with E-state index in [-0.39, 0.29) is 0 Å². The van der Waals surface area contributed by atoms with E-state index in [9.17, 15) is 0 Å².